The second kappa shape index (κ2) is 21.5. The Morgan fingerprint density at radius 3 is 1.02 bits per heavy atom. The summed E-state index contributed by atoms with van der Waals surface area (Å²) in [7, 11) is -5.17. The predicted molar refractivity (Wildman–Crippen MR) is 191 cm³/mol. The Labute approximate surface area is 298 Å². The lowest BCUT2D eigenvalue weighted by molar-refractivity contribution is 0.333. The molecule has 272 valence electrons. The number of hydrogen-bond donors (Lipinski definition) is 0. The number of nitrogens with zero attached hydrogens (tertiary/aromatic N) is 4. The van der Waals surface area contributed by atoms with Gasteiger partial charge in [0.15, 0.2) is 9.95 Å². The van der Waals surface area contributed by atoms with Crippen LogP contribution in [0.2, 0.25) is 0 Å². The van der Waals surface area contributed by atoms with E-state index in [1.54, 1.807) is 12.1 Å². The van der Waals surface area contributed by atoms with E-state index >= 15 is 0 Å². The van der Waals surface area contributed by atoms with Crippen molar-refractivity contribution < 1.29 is 45.9 Å². The van der Waals surface area contributed by atoms with Crippen molar-refractivity contribution in [2.45, 2.75) is 41.5 Å². The van der Waals surface area contributed by atoms with Gasteiger partial charge in [-0.3, -0.25) is 8.42 Å². The predicted octanol–water partition coefficient (Wildman–Crippen LogP) is 8.73. The summed E-state index contributed by atoms with van der Waals surface area (Å²) in [5.74, 6) is 3.97. The molecule has 0 fully saturated rings. The average molecular weight is 723 g/mol. The number of diazo groups is 2. The first kappa shape index (κ1) is 41.6. The largest absolute Gasteiger partial charge is 0.759 e. The summed E-state index contributed by atoms with van der Waals surface area (Å²) in [4.78, 5) is 6.56. The van der Waals surface area contributed by atoms with Crippen molar-refractivity contribution in [1.29, 1.82) is 10.8 Å². The summed E-state index contributed by atoms with van der Waals surface area (Å²) in [6.07, 6.45) is 0. The summed E-state index contributed by atoms with van der Waals surface area (Å²) >= 11 is 0. The standard InChI is InChI=1S/2C18H21N2O3.H2O4S/c2*1-4-21-14-9-7-13(8-10-14)15-11-18(23-6-3)16(20-19)12-17(15)22-5-2;1-5(2,3)4/h2*7-12H,4-6H2,1-3H3;(H2,1,2,3,4)/q2*+1;/p-2. The summed E-state index contributed by atoms with van der Waals surface area (Å²) in [6, 6.07) is 22.6. The smallest absolute Gasteiger partial charge is 0.430 e. The topological polar surface area (TPSA) is 192 Å². The third-order valence-corrected chi connectivity index (χ3v) is 6.49. The molecule has 4 rings (SSSR count). The zero-order chi connectivity index (χ0) is 37.8. The number of benzene rings is 4. The Bertz CT molecular complexity index is 1740. The van der Waals surface area contributed by atoms with E-state index in [4.69, 9.17) is 56.7 Å². The molecule has 0 aliphatic rings. The molecule has 0 aliphatic heterocycles. The van der Waals surface area contributed by atoms with Gasteiger partial charge in [-0.15, -0.1) is 0 Å². The lowest BCUT2D eigenvalue weighted by Gasteiger charge is -2.12. The quantitative estimate of drug-likeness (QED) is 0.0684. The van der Waals surface area contributed by atoms with Gasteiger partial charge in [-0.2, -0.15) is 0 Å². The van der Waals surface area contributed by atoms with Gasteiger partial charge in [0, 0.05) is 33.7 Å². The highest BCUT2D eigenvalue weighted by Gasteiger charge is 2.23. The zero-order valence-corrected chi connectivity index (χ0v) is 30.3. The van der Waals surface area contributed by atoms with Crippen molar-refractivity contribution in [3.05, 3.63) is 82.7 Å². The van der Waals surface area contributed by atoms with E-state index in [1.807, 2.05) is 102 Å². The van der Waals surface area contributed by atoms with Crippen LogP contribution in [0.4, 0.5) is 11.4 Å². The molecular formula is C36H42N4O10S. The maximum atomic E-state index is 9.17. The SMILES string of the molecule is CCOc1ccc(-c2cc(OCC)c([N+]#N)cc2OCC)cc1.CCOc1ccc(-c2cc(OCC)c([N+]#N)cc2OCC)cc1.O=S(=O)([O-])[O-]. The van der Waals surface area contributed by atoms with Crippen molar-refractivity contribution in [3.63, 3.8) is 0 Å². The van der Waals surface area contributed by atoms with Crippen molar-refractivity contribution in [3.8, 4) is 56.8 Å². The highest BCUT2D eigenvalue weighted by atomic mass is 32.3. The maximum absolute atomic E-state index is 9.17. The Kier molecular flexibility index (Phi) is 17.5. The lowest BCUT2D eigenvalue weighted by atomic mass is 10.0. The monoisotopic (exact) mass is 722 g/mol. The van der Waals surface area contributed by atoms with Crippen molar-refractivity contribution in [2.75, 3.05) is 39.6 Å². The van der Waals surface area contributed by atoms with E-state index in [1.165, 1.54) is 0 Å². The van der Waals surface area contributed by atoms with Gasteiger partial charge in [-0.1, -0.05) is 24.3 Å². The first-order valence-electron chi connectivity index (χ1n) is 16.2. The van der Waals surface area contributed by atoms with E-state index in [2.05, 4.69) is 9.95 Å². The van der Waals surface area contributed by atoms with Gasteiger partial charge in [-0.25, -0.2) is 0 Å². The van der Waals surface area contributed by atoms with Crippen molar-refractivity contribution in [2.24, 2.45) is 0 Å². The Balaban J connectivity index is 0.000000312. The minimum atomic E-state index is -5.17. The van der Waals surface area contributed by atoms with Crippen LogP contribution in [-0.4, -0.2) is 57.2 Å². The number of rotatable bonds is 14. The van der Waals surface area contributed by atoms with E-state index in [0.717, 1.165) is 33.8 Å². The summed E-state index contributed by atoms with van der Waals surface area (Å²) in [5, 5.41) is 18.3. The molecule has 0 saturated carbocycles. The second-order valence-electron chi connectivity index (χ2n) is 9.89. The van der Waals surface area contributed by atoms with Crippen LogP contribution < -0.4 is 28.4 Å². The van der Waals surface area contributed by atoms with Crippen molar-refractivity contribution >= 4 is 21.8 Å². The maximum Gasteiger partial charge on any atom is 0.430 e. The molecule has 0 atom stereocenters. The number of hydrogen-bond acceptors (Lipinski definition) is 12. The molecule has 4 aromatic carbocycles. The average Bonchev–Trinajstić information content (AvgIpc) is 3.10. The van der Waals surface area contributed by atoms with Crippen LogP contribution in [-0.2, 0) is 10.4 Å². The number of ether oxygens (including phenoxy) is 6. The Hall–Kier alpha value is -5.61. The molecule has 0 N–H and O–H groups in total. The third-order valence-electron chi connectivity index (χ3n) is 6.49. The van der Waals surface area contributed by atoms with E-state index in [-0.39, 0.29) is 0 Å². The van der Waals surface area contributed by atoms with Crippen LogP contribution >= 0.6 is 0 Å². The lowest BCUT2D eigenvalue weighted by Crippen LogP contribution is -1.97. The minimum absolute atomic E-state index is 0.352. The summed E-state index contributed by atoms with van der Waals surface area (Å²) in [5.41, 5.74) is 4.41. The highest BCUT2D eigenvalue weighted by molar-refractivity contribution is 7.79. The molecule has 0 aromatic heterocycles. The van der Waals surface area contributed by atoms with Gasteiger partial charge in [0.25, 0.3) is 0 Å². The molecule has 0 amide bonds. The molecule has 15 heteroatoms. The van der Waals surface area contributed by atoms with Gasteiger partial charge in [0.05, 0.1) is 51.8 Å². The van der Waals surface area contributed by atoms with Crippen molar-refractivity contribution in [1.82, 2.24) is 0 Å². The molecule has 0 bridgehead atoms. The third kappa shape index (κ3) is 13.7. The molecular weight excluding hydrogens is 680 g/mol. The normalized spacial score (nSPS) is 10.2. The van der Waals surface area contributed by atoms with Crippen LogP contribution in [0.3, 0.4) is 0 Å². The van der Waals surface area contributed by atoms with Gasteiger partial charge < -0.3 is 37.5 Å². The first-order chi connectivity index (χ1) is 24.5. The molecule has 14 nitrogen and oxygen atoms in total. The fourth-order valence-corrected chi connectivity index (χ4v) is 4.59. The van der Waals surface area contributed by atoms with Crippen LogP contribution in [0.15, 0.2) is 72.8 Å². The molecule has 51 heavy (non-hydrogen) atoms. The molecule has 4 aromatic rings. The van der Waals surface area contributed by atoms with Crippen LogP contribution in [0.5, 0.6) is 34.5 Å². The van der Waals surface area contributed by atoms with Gasteiger partial charge >= 0.3 is 11.4 Å². The molecule has 0 saturated heterocycles. The van der Waals surface area contributed by atoms with E-state index < -0.39 is 10.4 Å². The fraction of sp³-hybridized carbons (Fsp3) is 0.333. The fourth-order valence-electron chi connectivity index (χ4n) is 4.59. The highest BCUT2D eigenvalue weighted by Crippen LogP contribution is 2.42. The van der Waals surface area contributed by atoms with Crippen LogP contribution in [0, 0.1) is 10.8 Å². The van der Waals surface area contributed by atoms with Crippen LogP contribution in [0.1, 0.15) is 41.5 Å². The first-order valence-corrected chi connectivity index (χ1v) is 17.5. The summed E-state index contributed by atoms with van der Waals surface area (Å²) in [6.45, 7) is 14.8. The molecule has 0 heterocycles. The van der Waals surface area contributed by atoms with Gasteiger partial charge in [0.1, 0.15) is 23.0 Å². The molecule has 0 unspecified atom stereocenters. The van der Waals surface area contributed by atoms with E-state index in [9.17, 15) is 0 Å². The van der Waals surface area contributed by atoms with Gasteiger partial charge in [-0.05, 0) is 76.9 Å². The summed E-state index contributed by atoms with van der Waals surface area (Å²) < 4.78 is 67.5. The molecule has 0 spiro atoms. The Morgan fingerprint density at radius 2 is 0.765 bits per heavy atom. The van der Waals surface area contributed by atoms with Gasteiger partial charge in [0.2, 0.25) is 22.3 Å². The van der Waals surface area contributed by atoms with Crippen LogP contribution in [0.25, 0.3) is 32.2 Å². The van der Waals surface area contributed by atoms with E-state index in [0.29, 0.717) is 74.0 Å². The minimum Gasteiger partial charge on any atom is -0.759 e. The Morgan fingerprint density at radius 1 is 0.490 bits per heavy atom. The molecule has 0 aliphatic carbocycles. The second-order valence-corrected chi connectivity index (χ2v) is 10.7. The zero-order valence-electron chi connectivity index (χ0n) is 29.5. The molecule has 0 radical (unpaired) electrons.